The second-order valence-electron chi connectivity index (χ2n) is 2.84. The van der Waals surface area contributed by atoms with Crippen LogP contribution in [0.1, 0.15) is 0 Å². The van der Waals surface area contributed by atoms with Gasteiger partial charge in [-0.25, -0.2) is 4.98 Å². The highest BCUT2D eigenvalue weighted by Crippen LogP contribution is 2.36. The summed E-state index contributed by atoms with van der Waals surface area (Å²) < 4.78 is 0. The number of halogens is 2. The largest absolute Gasteiger partial charge is 0.300 e. The summed E-state index contributed by atoms with van der Waals surface area (Å²) in [4.78, 5) is 14.2. The molecule has 0 aliphatic heterocycles. The second kappa shape index (κ2) is 3.64. The Kier molecular flexibility index (Phi) is 2.46. The average Bonchev–Trinajstić information content (AvgIpc) is 2.19. The van der Waals surface area contributed by atoms with E-state index in [1.165, 1.54) is 0 Å². The van der Waals surface area contributed by atoms with Gasteiger partial charge in [0.25, 0.3) is 5.69 Å². The van der Waals surface area contributed by atoms with Crippen molar-refractivity contribution >= 4 is 39.8 Å². The molecule has 1 aromatic heterocycles. The molecule has 0 fully saturated rings. The molecule has 15 heavy (non-hydrogen) atoms. The number of para-hydroxylation sites is 1. The fraction of sp³-hybridized carbons (Fsp3) is 0. The Labute approximate surface area is 94.6 Å². The van der Waals surface area contributed by atoms with Gasteiger partial charge in [0.1, 0.15) is 0 Å². The van der Waals surface area contributed by atoms with Crippen LogP contribution in [0.25, 0.3) is 10.9 Å². The predicted molar refractivity (Wildman–Crippen MR) is 58.4 cm³/mol. The van der Waals surface area contributed by atoms with Gasteiger partial charge < -0.3 is 0 Å². The molecule has 2 rings (SSSR count). The van der Waals surface area contributed by atoms with Gasteiger partial charge >= 0.3 is 0 Å². The number of rotatable bonds is 1. The average molecular weight is 243 g/mol. The molecule has 0 atom stereocenters. The topological polar surface area (TPSA) is 56.0 Å². The van der Waals surface area contributed by atoms with Crippen LogP contribution in [0.2, 0.25) is 10.2 Å². The molecule has 1 aromatic carbocycles. The lowest BCUT2D eigenvalue weighted by molar-refractivity contribution is -0.382. The maximum absolute atomic E-state index is 10.8. The van der Waals surface area contributed by atoms with Gasteiger partial charge in [0, 0.05) is 0 Å². The third kappa shape index (κ3) is 1.62. The molecule has 0 aliphatic carbocycles. The SMILES string of the molecule is O=[N+]([O-])c1c(Cl)c(Cl)nc2ccccc12. The van der Waals surface area contributed by atoms with E-state index in [1.54, 1.807) is 24.3 Å². The van der Waals surface area contributed by atoms with E-state index in [0.717, 1.165) is 0 Å². The minimum absolute atomic E-state index is 0.0536. The van der Waals surface area contributed by atoms with Crippen LogP contribution in [0.15, 0.2) is 24.3 Å². The number of hydrogen-bond acceptors (Lipinski definition) is 3. The summed E-state index contributed by atoms with van der Waals surface area (Å²) in [5, 5.41) is 11.0. The molecule has 0 aliphatic rings. The number of pyridine rings is 1. The van der Waals surface area contributed by atoms with Crippen LogP contribution in [-0.2, 0) is 0 Å². The number of fused-ring (bicyclic) bond motifs is 1. The third-order valence-electron chi connectivity index (χ3n) is 1.95. The first-order chi connectivity index (χ1) is 7.11. The van der Waals surface area contributed by atoms with Crippen LogP contribution in [0, 0.1) is 10.1 Å². The molecule has 6 heteroatoms. The van der Waals surface area contributed by atoms with E-state index < -0.39 is 4.92 Å². The van der Waals surface area contributed by atoms with Gasteiger partial charge in [0.2, 0.25) is 0 Å². The molecule has 0 N–H and O–H groups in total. The van der Waals surface area contributed by atoms with E-state index >= 15 is 0 Å². The van der Waals surface area contributed by atoms with Crippen molar-refractivity contribution in [2.45, 2.75) is 0 Å². The lowest BCUT2D eigenvalue weighted by Crippen LogP contribution is -1.93. The maximum Gasteiger partial charge on any atom is 0.300 e. The van der Waals surface area contributed by atoms with Crippen LogP contribution in [0.4, 0.5) is 5.69 Å². The Morgan fingerprint density at radius 2 is 1.93 bits per heavy atom. The molecular formula is C9H4Cl2N2O2. The zero-order chi connectivity index (χ0) is 11.0. The summed E-state index contributed by atoms with van der Waals surface area (Å²) in [6.45, 7) is 0. The number of aromatic nitrogens is 1. The summed E-state index contributed by atoms with van der Waals surface area (Å²) in [7, 11) is 0. The Morgan fingerprint density at radius 1 is 1.27 bits per heavy atom. The van der Waals surface area contributed by atoms with Crippen molar-refractivity contribution in [2.24, 2.45) is 0 Å². The van der Waals surface area contributed by atoms with Gasteiger partial charge in [-0.2, -0.15) is 0 Å². The summed E-state index contributed by atoms with van der Waals surface area (Å²) in [6.07, 6.45) is 0. The van der Waals surface area contributed by atoms with Crippen molar-refractivity contribution in [3.05, 3.63) is 44.6 Å². The monoisotopic (exact) mass is 242 g/mol. The quantitative estimate of drug-likeness (QED) is 0.437. The van der Waals surface area contributed by atoms with Gasteiger partial charge in [0.15, 0.2) is 10.2 Å². The first-order valence-corrected chi connectivity index (χ1v) is 4.75. The van der Waals surface area contributed by atoms with Crippen LogP contribution in [0.3, 0.4) is 0 Å². The molecule has 0 amide bonds. The molecule has 0 saturated carbocycles. The molecule has 0 bridgehead atoms. The van der Waals surface area contributed by atoms with Crippen molar-refractivity contribution in [2.75, 3.05) is 0 Å². The smallest absolute Gasteiger partial charge is 0.258 e. The highest BCUT2D eigenvalue weighted by atomic mass is 35.5. The second-order valence-corrected chi connectivity index (χ2v) is 3.58. The fourth-order valence-electron chi connectivity index (χ4n) is 1.32. The highest BCUT2D eigenvalue weighted by Gasteiger charge is 2.21. The molecule has 0 radical (unpaired) electrons. The first-order valence-electron chi connectivity index (χ1n) is 3.99. The highest BCUT2D eigenvalue weighted by molar-refractivity contribution is 6.43. The summed E-state index contributed by atoms with van der Waals surface area (Å²) in [5.41, 5.74) is 0.255. The number of benzene rings is 1. The third-order valence-corrected chi connectivity index (χ3v) is 2.68. The van der Waals surface area contributed by atoms with Gasteiger partial charge in [-0.3, -0.25) is 10.1 Å². The molecule has 2 aromatic rings. The van der Waals surface area contributed by atoms with E-state index in [4.69, 9.17) is 23.2 Å². The summed E-state index contributed by atoms with van der Waals surface area (Å²) in [6, 6.07) is 6.64. The van der Waals surface area contributed by atoms with E-state index in [1.807, 2.05) is 0 Å². The normalized spacial score (nSPS) is 10.5. The number of hydrogen-bond donors (Lipinski definition) is 0. The molecule has 4 nitrogen and oxygen atoms in total. The van der Waals surface area contributed by atoms with Crippen molar-refractivity contribution in [1.82, 2.24) is 4.98 Å². The minimum atomic E-state index is -0.557. The lowest BCUT2D eigenvalue weighted by atomic mass is 10.2. The van der Waals surface area contributed by atoms with E-state index in [2.05, 4.69) is 4.98 Å². The fourth-order valence-corrected chi connectivity index (χ4v) is 1.71. The molecule has 76 valence electrons. The van der Waals surface area contributed by atoms with Crippen molar-refractivity contribution < 1.29 is 4.92 Å². The van der Waals surface area contributed by atoms with E-state index in [0.29, 0.717) is 10.9 Å². The molecule has 1 heterocycles. The lowest BCUT2D eigenvalue weighted by Gasteiger charge is -2.02. The molecular weight excluding hydrogens is 239 g/mol. The Bertz CT molecular complexity index is 557. The summed E-state index contributed by atoms with van der Waals surface area (Å²) in [5.74, 6) is 0. The Morgan fingerprint density at radius 3 is 2.60 bits per heavy atom. The van der Waals surface area contributed by atoms with Gasteiger partial charge in [-0.05, 0) is 12.1 Å². The van der Waals surface area contributed by atoms with Gasteiger partial charge in [0.05, 0.1) is 15.8 Å². The Hall–Kier alpha value is -1.39. The zero-order valence-electron chi connectivity index (χ0n) is 7.28. The van der Waals surface area contributed by atoms with Crippen LogP contribution in [-0.4, -0.2) is 9.91 Å². The zero-order valence-corrected chi connectivity index (χ0v) is 8.79. The van der Waals surface area contributed by atoms with Crippen LogP contribution in [0.5, 0.6) is 0 Å². The number of nitrogens with zero attached hydrogens (tertiary/aromatic N) is 2. The van der Waals surface area contributed by atoms with E-state index in [-0.39, 0.29) is 15.9 Å². The van der Waals surface area contributed by atoms with E-state index in [9.17, 15) is 10.1 Å². The molecule has 0 saturated heterocycles. The van der Waals surface area contributed by atoms with Crippen molar-refractivity contribution in [3.63, 3.8) is 0 Å². The summed E-state index contributed by atoms with van der Waals surface area (Å²) >= 11 is 11.4. The van der Waals surface area contributed by atoms with Crippen molar-refractivity contribution in [1.29, 1.82) is 0 Å². The van der Waals surface area contributed by atoms with Crippen molar-refractivity contribution in [3.8, 4) is 0 Å². The first kappa shape index (κ1) is 10.1. The molecule has 0 unspecified atom stereocenters. The Balaban J connectivity index is 2.95. The molecule has 0 spiro atoms. The van der Waals surface area contributed by atoms with Crippen LogP contribution < -0.4 is 0 Å². The number of nitro groups is 1. The minimum Gasteiger partial charge on any atom is -0.258 e. The standard InChI is InChI=1S/C9H4Cl2N2O2/c10-7-8(13(14)15)5-3-1-2-4-6(5)12-9(7)11/h1-4H. The maximum atomic E-state index is 10.8. The van der Waals surface area contributed by atoms with Gasteiger partial charge in [-0.1, -0.05) is 35.3 Å². The van der Waals surface area contributed by atoms with Crippen LogP contribution >= 0.6 is 23.2 Å². The van der Waals surface area contributed by atoms with Gasteiger partial charge in [-0.15, -0.1) is 0 Å². The predicted octanol–water partition coefficient (Wildman–Crippen LogP) is 3.45.